The highest BCUT2D eigenvalue weighted by molar-refractivity contribution is 9.11. The largest absolute Gasteiger partial charge is 0.315 e. The summed E-state index contributed by atoms with van der Waals surface area (Å²) >= 11 is 4.80. The summed E-state index contributed by atoms with van der Waals surface area (Å²) in [6.07, 6.45) is 0.865. The minimum absolute atomic E-state index is 0.441. The Morgan fingerprint density at radius 3 is 2.82 bits per heavy atom. The van der Waals surface area contributed by atoms with Gasteiger partial charge in [0.05, 0.1) is 8.68 Å². The number of nitrogens with one attached hydrogen (secondary N) is 1. The average molecular weight is 339 g/mol. The summed E-state index contributed by atoms with van der Waals surface area (Å²) in [5.74, 6) is 0. The van der Waals surface area contributed by atoms with Gasteiger partial charge < -0.3 is 5.32 Å². The third kappa shape index (κ3) is 2.90. The quantitative estimate of drug-likeness (QED) is 0.894. The van der Waals surface area contributed by atoms with Gasteiger partial charge in [-0.1, -0.05) is 0 Å². The first kappa shape index (κ1) is 13.5. The lowest BCUT2D eigenvalue weighted by Crippen LogP contribution is -2.34. The highest BCUT2D eigenvalue weighted by atomic mass is 79.9. The van der Waals surface area contributed by atoms with Crippen molar-refractivity contribution in [1.29, 1.82) is 0 Å². The van der Waals surface area contributed by atoms with Crippen molar-refractivity contribution in [2.75, 3.05) is 26.2 Å². The van der Waals surface area contributed by atoms with Gasteiger partial charge >= 0.3 is 0 Å². The van der Waals surface area contributed by atoms with Crippen molar-refractivity contribution in [3.63, 3.8) is 0 Å². The van der Waals surface area contributed by atoms with Gasteiger partial charge in [0, 0.05) is 24.5 Å². The molecule has 4 nitrogen and oxygen atoms in total. The predicted molar refractivity (Wildman–Crippen MR) is 73.0 cm³/mol. The van der Waals surface area contributed by atoms with Crippen molar-refractivity contribution >= 4 is 37.3 Å². The fourth-order valence-electron chi connectivity index (χ4n) is 1.89. The Bertz CT molecular complexity index is 490. The van der Waals surface area contributed by atoms with Gasteiger partial charge in [0.1, 0.15) is 0 Å². The van der Waals surface area contributed by atoms with Gasteiger partial charge in [0.2, 0.25) is 10.0 Å². The molecule has 1 aromatic heterocycles. The predicted octanol–water partition coefficient (Wildman–Crippen LogP) is 1.80. The summed E-state index contributed by atoms with van der Waals surface area (Å²) in [5, 5.41) is 3.21. The van der Waals surface area contributed by atoms with Crippen LogP contribution in [0, 0.1) is 6.92 Å². The molecular weight excluding hydrogens is 324 g/mol. The van der Waals surface area contributed by atoms with Crippen molar-refractivity contribution in [3.05, 3.63) is 14.7 Å². The normalized spacial score (nSPS) is 19.2. The van der Waals surface area contributed by atoms with Gasteiger partial charge in [0.15, 0.2) is 0 Å². The van der Waals surface area contributed by atoms with E-state index in [9.17, 15) is 8.42 Å². The fraction of sp³-hybridized carbons (Fsp3) is 0.600. The Labute approximate surface area is 114 Å². The van der Waals surface area contributed by atoms with Gasteiger partial charge in [-0.05, 0) is 41.9 Å². The number of thiophene rings is 1. The molecule has 2 rings (SSSR count). The minimum Gasteiger partial charge on any atom is -0.315 e. The number of hydrogen-bond acceptors (Lipinski definition) is 4. The third-order valence-corrected chi connectivity index (χ3v) is 6.47. The highest BCUT2D eigenvalue weighted by Gasteiger charge is 2.27. The Morgan fingerprint density at radius 2 is 2.18 bits per heavy atom. The highest BCUT2D eigenvalue weighted by Crippen LogP contribution is 2.31. The number of hydrogen-bond donors (Lipinski definition) is 1. The van der Waals surface area contributed by atoms with E-state index >= 15 is 0 Å². The van der Waals surface area contributed by atoms with E-state index in [0.717, 1.165) is 28.2 Å². The van der Waals surface area contributed by atoms with Crippen molar-refractivity contribution < 1.29 is 8.42 Å². The molecular formula is C10H15BrN2O2S2. The van der Waals surface area contributed by atoms with Crippen LogP contribution in [0.1, 0.15) is 11.3 Å². The maximum Gasteiger partial charge on any atom is 0.244 e. The molecule has 0 aromatic carbocycles. The van der Waals surface area contributed by atoms with E-state index in [1.165, 1.54) is 11.3 Å². The molecule has 17 heavy (non-hydrogen) atoms. The lowest BCUT2D eigenvalue weighted by Gasteiger charge is -2.19. The first-order valence-electron chi connectivity index (χ1n) is 5.48. The van der Waals surface area contributed by atoms with Crippen LogP contribution in [0.25, 0.3) is 0 Å². The molecule has 0 aliphatic carbocycles. The second-order valence-electron chi connectivity index (χ2n) is 3.98. The first-order valence-corrected chi connectivity index (χ1v) is 8.53. The zero-order valence-electron chi connectivity index (χ0n) is 9.57. The number of sulfonamides is 1. The van der Waals surface area contributed by atoms with Gasteiger partial charge in [-0.3, -0.25) is 0 Å². The van der Waals surface area contributed by atoms with Crippen LogP contribution >= 0.6 is 27.3 Å². The van der Waals surface area contributed by atoms with Gasteiger partial charge in [-0.25, -0.2) is 8.42 Å². The maximum atomic E-state index is 12.5. The molecule has 1 aromatic rings. The van der Waals surface area contributed by atoms with Crippen molar-refractivity contribution in [2.45, 2.75) is 18.2 Å². The summed E-state index contributed by atoms with van der Waals surface area (Å²) in [7, 11) is -3.32. The zero-order valence-corrected chi connectivity index (χ0v) is 12.8. The molecule has 7 heteroatoms. The van der Waals surface area contributed by atoms with Gasteiger partial charge in [-0.15, -0.1) is 11.3 Å². The molecule has 0 saturated carbocycles. The molecule has 0 spiro atoms. The number of halogens is 1. The summed E-state index contributed by atoms with van der Waals surface area (Å²) in [4.78, 5) is 1.28. The SMILES string of the molecule is Cc1sc(Br)cc1S(=O)(=O)N1CCCNCC1. The Balaban J connectivity index is 2.31. The molecule has 0 bridgehead atoms. The molecule has 1 fully saturated rings. The van der Waals surface area contributed by atoms with E-state index in [-0.39, 0.29) is 0 Å². The molecule has 0 atom stereocenters. The molecule has 0 unspecified atom stereocenters. The minimum atomic E-state index is -3.32. The molecule has 1 N–H and O–H groups in total. The zero-order chi connectivity index (χ0) is 12.5. The van der Waals surface area contributed by atoms with Crippen LogP contribution in [0.15, 0.2) is 14.7 Å². The van der Waals surface area contributed by atoms with Crippen LogP contribution in [0.2, 0.25) is 0 Å². The Hall–Kier alpha value is 0.0500. The van der Waals surface area contributed by atoms with Crippen LogP contribution in [0.3, 0.4) is 0 Å². The van der Waals surface area contributed by atoms with Crippen molar-refractivity contribution in [1.82, 2.24) is 9.62 Å². The van der Waals surface area contributed by atoms with Crippen molar-refractivity contribution in [3.8, 4) is 0 Å². The van der Waals surface area contributed by atoms with Gasteiger partial charge in [-0.2, -0.15) is 4.31 Å². The van der Waals surface area contributed by atoms with Crippen LogP contribution in [0.5, 0.6) is 0 Å². The second-order valence-corrected chi connectivity index (χ2v) is 8.52. The van der Waals surface area contributed by atoms with E-state index in [1.54, 1.807) is 10.4 Å². The lowest BCUT2D eigenvalue weighted by atomic mass is 10.4. The summed E-state index contributed by atoms with van der Waals surface area (Å²) in [6.45, 7) is 4.61. The Morgan fingerprint density at radius 1 is 1.41 bits per heavy atom. The summed E-state index contributed by atoms with van der Waals surface area (Å²) in [6, 6.07) is 1.70. The van der Waals surface area contributed by atoms with Crippen LogP contribution in [-0.4, -0.2) is 38.9 Å². The van der Waals surface area contributed by atoms with Crippen molar-refractivity contribution in [2.24, 2.45) is 0 Å². The molecule has 96 valence electrons. The molecule has 1 aliphatic rings. The lowest BCUT2D eigenvalue weighted by molar-refractivity contribution is 0.432. The fourth-order valence-corrected chi connectivity index (χ4v) is 5.75. The topological polar surface area (TPSA) is 49.4 Å². The maximum absolute atomic E-state index is 12.5. The summed E-state index contributed by atoms with van der Waals surface area (Å²) in [5.41, 5.74) is 0. The number of aryl methyl sites for hydroxylation is 1. The van der Waals surface area contributed by atoms with E-state index in [4.69, 9.17) is 0 Å². The van der Waals surface area contributed by atoms with E-state index < -0.39 is 10.0 Å². The molecule has 1 aliphatic heterocycles. The monoisotopic (exact) mass is 338 g/mol. The smallest absolute Gasteiger partial charge is 0.244 e. The Kier molecular flexibility index (Phi) is 4.25. The standard InChI is InChI=1S/C10H15BrN2O2S2/c1-8-9(7-10(11)16-8)17(14,15)13-5-2-3-12-4-6-13/h7,12H,2-6H2,1H3. The average Bonchev–Trinajstić information content (AvgIpc) is 2.52. The van der Waals surface area contributed by atoms with E-state index in [2.05, 4.69) is 21.2 Å². The van der Waals surface area contributed by atoms with Crippen LogP contribution < -0.4 is 5.32 Å². The third-order valence-electron chi connectivity index (χ3n) is 2.76. The second kappa shape index (κ2) is 5.36. The van der Waals surface area contributed by atoms with Crippen LogP contribution in [0.4, 0.5) is 0 Å². The van der Waals surface area contributed by atoms with E-state index in [0.29, 0.717) is 18.0 Å². The first-order chi connectivity index (χ1) is 8.01. The molecule has 0 radical (unpaired) electrons. The van der Waals surface area contributed by atoms with E-state index in [1.807, 2.05) is 6.92 Å². The molecule has 2 heterocycles. The molecule has 0 amide bonds. The number of nitrogens with zero attached hydrogens (tertiary/aromatic N) is 1. The number of rotatable bonds is 2. The van der Waals surface area contributed by atoms with Gasteiger partial charge in [0.25, 0.3) is 0 Å². The van der Waals surface area contributed by atoms with Crippen LogP contribution in [-0.2, 0) is 10.0 Å². The molecule has 1 saturated heterocycles. The summed E-state index contributed by atoms with van der Waals surface area (Å²) < 4.78 is 27.4.